The summed E-state index contributed by atoms with van der Waals surface area (Å²) in [6.45, 7) is 1.87. The molecule has 1 atom stereocenters. The van der Waals surface area contributed by atoms with Crippen molar-refractivity contribution in [3.63, 3.8) is 0 Å². The van der Waals surface area contributed by atoms with Gasteiger partial charge in [-0.05, 0) is 36.1 Å². The summed E-state index contributed by atoms with van der Waals surface area (Å²) < 4.78 is 0. The van der Waals surface area contributed by atoms with Crippen LogP contribution in [0.1, 0.15) is 22.0 Å². The SMILES string of the molecule is Cc1ccc(C#N)cc1NC(=O)C(N)c1cccs1. The minimum absolute atomic E-state index is 0.277. The van der Waals surface area contributed by atoms with E-state index >= 15 is 0 Å². The van der Waals surface area contributed by atoms with Gasteiger partial charge in [0.1, 0.15) is 6.04 Å². The average Bonchev–Trinajstić information content (AvgIpc) is 2.94. The summed E-state index contributed by atoms with van der Waals surface area (Å²) in [7, 11) is 0. The van der Waals surface area contributed by atoms with E-state index in [-0.39, 0.29) is 5.91 Å². The topological polar surface area (TPSA) is 78.9 Å². The Labute approximate surface area is 115 Å². The Hall–Kier alpha value is -2.16. The third-order valence-corrected chi connectivity index (χ3v) is 3.71. The molecule has 1 aromatic carbocycles. The summed E-state index contributed by atoms with van der Waals surface area (Å²) in [5.74, 6) is -0.277. The molecule has 1 heterocycles. The van der Waals surface area contributed by atoms with E-state index in [1.807, 2.05) is 30.5 Å². The molecule has 19 heavy (non-hydrogen) atoms. The Balaban J connectivity index is 2.17. The number of carbonyl (C=O) groups excluding carboxylic acids is 1. The first-order valence-corrected chi connectivity index (χ1v) is 6.60. The number of nitrogens with zero attached hydrogens (tertiary/aromatic N) is 1. The van der Waals surface area contributed by atoms with Gasteiger partial charge in [0.25, 0.3) is 0 Å². The number of hydrogen-bond acceptors (Lipinski definition) is 4. The van der Waals surface area contributed by atoms with Crippen molar-refractivity contribution in [3.8, 4) is 6.07 Å². The second-order valence-electron chi connectivity index (χ2n) is 4.12. The van der Waals surface area contributed by atoms with Gasteiger partial charge in [0.15, 0.2) is 0 Å². The first-order chi connectivity index (χ1) is 9.11. The van der Waals surface area contributed by atoms with Crippen LogP contribution in [0.15, 0.2) is 35.7 Å². The average molecular weight is 271 g/mol. The number of benzene rings is 1. The summed E-state index contributed by atoms with van der Waals surface area (Å²) >= 11 is 1.44. The monoisotopic (exact) mass is 271 g/mol. The van der Waals surface area contributed by atoms with Crippen molar-refractivity contribution in [3.05, 3.63) is 51.7 Å². The fraction of sp³-hybridized carbons (Fsp3) is 0.143. The van der Waals surface area contributed by atoms with Gasteiger partial charge in [-0.15, -0.1) is 11.3 Å². The zero-order valence-electron chi connectivity index (χ0n) is 10.4. The van der Waals surface area contributed by atoms with E-state index in [1.54, 1.807) is 18.2 Å². The quantitative estimate of drug-likeness (QED) is 0.900. The summed E-state index contributed by atoms with van der Waals surface area (Å²) in [5.41, 5.74) is 7.91. The highest BCUT2D eigenvalue weighted by molar-refractivity contribution is 7.10. The maximum absolute atomic E-state index is 12.1. The highest BCUT2D eigenvalue weighted by atomic mass is 32.1. The molecular formula is C14H13N3OS. The summed E-state index contributed by atoms with van der Waals surface area (Å²) in [4.78, 5) is 12.9. The lowest BCUT2D eigenvalue weighted by molar-refractivity contribution is -0.117. The number of nitrogens with two attached hydrogens (primary N) is 1. The van der Waals surface area contributed by atoms with Crippen LogP contribution >= 0.6 is 11.3 Å². The third kappa shape index (κ3) is 2.99. The zero-order valence-corrected chi connectivity index (χ0v) is 11.2. The molecule has 0 saturated carbocycles. The van der Waals surface area contributed by atoms with Crippen molar-refractivity contribution in [1.29, 1.82) is 5.26 Å². The maximum Gasteiger partial charge on any atom is 0.246 e. The second kappa shape index (κ2) is 5.65. The van der Waals surface area contributed by atoms with Crippen molar-refractivity contribution < 1.29 is 4.79 Å². The van der Waals surface area contributed by atoms with Gasteiger partial charge in [-0.2, -0.15) is 5.26 Å². The van der Waals surface area contributed by atoms with Crippen LogP contribution in [0.3, 0.4) is 0 Å². The Morgan fingerprint density at radius 3 is 2.89 bits per heavy atom. The molecule has 1 amide bonds. The second-order valence-corrected chi connectivity index (χ2v) is 5.10. The van der Waals surface area contributed by atoms with Gasteiger partial charge in [-0.25, -0.2) is 0 Å². The lowest BCUT2D eigenvalue weighted by Gasteiger charge is -2.12. The molecule has 0 saturated heterocycles. The Morgan fingerprint density at radius 1 is 1.47 bits per heavy atom. The number of anilines is 1. The first kappa shape index (κ1) is 13.3. The van der Waals surface area contributed by atoms with Crippen LogP contribution in [-0.4, -0.2) is 5.91 Å². The van der Waals surface area contributed by atoms with Crippen LogP contribution in [0.5, 0.6) is 0 Å². The van der Waals surface area contributed by atoms with E-state index in [2.05, 4.69) is 5.32 Å². The molecule has 0 radical (unpaired) electrons. The van der Waals surface area contributed by atoms with Crippen LogP contribution in [0, 0.1) is 18.3 Å². The molecule has 2 rings (SSSR count). The minimum atomic E-state index is -0.690. The molecule has 1 aromatic heterocycles. The standard InChI is InChI=1S/C14H13N3OS/c1-9-4-5-10(8-15)7-11(9)17-14(18)13(16)12-3-2-6-19-12/h2-7,13H,16H2,1H3,(H,17,18). The van der Waals surface area contributed by atoms with Crippen LogP contribution in [0.4, 0.5) is 5.69 Å². The molecule has 3 N–H and O–H groups in total. The summed E-state index contributed by atoms with van der Waals surface area (Å²) in [6.07, 6.45) is 0. The number of rotatable bonds is 3. The number of carbonyl (C=O) groups is 1. The molecule has 1 unspecified atom stereocenters. The number of nitrogens with one attached hydrogen (secondary N) is 1. The summed E-state index contributed by atoms with van der Waals surface area (Å²) in [5, 5.41) is 13.5. The molecular weight excluding hydrogens is 258 g/mol. The van der Waals surface area contributed by atoms with Gasteiger partial charge in [-0.3, -0.25) is 4.79 Å². The number of amides is 1. The van der Waals surface area contributed by atoms with Crippen LogP contribution in [0.2, 0.25) is 0 Å². The largest absolute Gasteiger partial charge is 0.324 e. The zero-order chi connectivity index (χ0) is 13.8. The fourth-order valence-electron chi connectivity index (χ4n) is 1.63. The molecule has 0 aliphatic heterocycles. The predicted molar refractivity (Wildman–Crippen MR) is 75.8 cm³/mol. The normalized spacial score (nSPS) is 11.6. The van der Waals surface area contributed by atoms with Crippen LogP contribution < -0.4 is 11.1 Å². The lowest BCUT2D eigenvalue weighted by atomic mass is 10.1. The highest BCUT2D eigenvalue weighted by Crippen LogP contribution is 2.21. The van der Waals surface area contributed by atoms with E-state index in [4.69, 9.17) is 11.0 Å². The smallest absolute Gasteiger partial charge is 0.246 e. The molecule has 2 aromatic rings. The van der Waals surface area contributed by atoms with Crippen LogP contribution in [0.25, 0.3) is 0 Å². The van der Waals surface area contributed by atoms with E-state index in [0.29, 0.717) is 11.3 Å². The van der Waals surface area contributed by atoms with Gasteiger partial charge in [-0.1, -0.05) is 12.1 Å². The Kier molecular flexibility index (Phi) is 3.95. The Bertz CT molecular complexity index is 629. The maximum atomic E-state index is 12.1. The van der Waals surface area contributed by atoms with Crippen molar-refractivity contribution in [1.82, 2.24) is 0 Å². The van der Waals surface area contributed by atoms with Gasteiger partial charge in [0, 0.05) is 10.6 Å². The third-order valence-electron chi connectivity index (χ3n) is 2.76. The van der Waals surface area contributed by atoms with E-state index in [9.17, 15) is 4.79 Å². The number of hydrogen-bond donors (Lipinski definition) is 2. The Morgan fingerprint density at radius 2 is 2.26 bits per heavy atom. The number of aryl methyl sites for hydroxylation is 1. The lowest BCUT2D eigenvalue weighted by Crippen LogP contribution is -2.27. The summed E-state index contributed by atoms with van der Waals surface area (Å²) in [6, 6.07) is 10.2. The van der Waals surface area contributed by atoms with Crippen molar-refractivity contribution >= 4 is 22.9 Å². The van der Waals surface area contributed by atoms with Gasteiger partial charge in [0.05, 0.1) is 11.6 Å². The van der Waals surface area contributed by atoms with Crippen molar-refractivity contribution in [2.75, 3.05) is 5.32 Å². The van der Waals surface area contributed by atoms with E-state index in [0.717, 1.165) is 10.4 Å². The van der Waals surface area contributed by atoms with Crippen molar-refractivity contribution in [2.45, 2.75) is 13.0 Å². The molecule has 0 bridgehead atoms. The molecule has 0 aliphatic carbocycles. The van der Waals surface area contributed by atoms with E-state index < -0.39 is 6.04 Å². The molecule has 0 fully saturated rings. The molecule has 0 aliphatic rings. The van der Waals surface area contributed by atoms with Gasteiger partial charge in [0.2, 0.25) is 5.91 Å². The van der Waals surface area contributed by atoms with Crippen LogP contribution in [-0.2, 0) is 4.79 Å². The number of nitriles is 1. The van der Waals surface area contributed by atoms with Gasteiger partial charge < -0.3 is 11.1 Å². The number of thiophene rings is 1. The van der Waals surface area contributed by atoms with Crippen molar-refractivity contribution in [2.24, 2.45) is 5.73 Å². The van der Waals surface area contributed by atoms with E-state index in [1.165, 1.54) is 11.3 Å². The molecule has 5 heteroatoms. The molecule has 0 spiro atoms. The predicted octanol–water partition coefficient (Wildman–Crippen LogP) is 2.57. The first-order valence-electron chi connectivity index (χ1n) is 5.72. The highest BCUT2D eigenvalue weighted by Gasteiger charge is 2.17. The minimum Gasteiger partial charge on any atom is -0.324 e. The fourth-order valence-corrected chi connectivity index (χ4v) is 2.36. The van der Waals surface area contributed by atoms with Gasteiger partial charge >= 0.3 is 0 Å². The molecule has 96 valence electrons. The molecule has 4 nitrogen and oxygen atoms in total.